The number of aromatic nitrogens is 2. The number of ether oxygens (including phenoxy) is 1. The SMILES string of the molecule is C=CC(=O)N1CC2(CCCCN(c3nc(OCC45CCCN4CCC5)nc4c(F)c(-c5ccc(F)c(SC(=C)NC(C)C)c5C#N)c(C(F)(F)F)cc34)C2)C1C1(C)CC1. The summed E-state index contributed by atoms with van der Waals surface area (Å²) < 4.78 is 85.6. The number of hydrogen-bond donors (Lipinski definition) is 1. The Hall–Kier alpha value is -4.42. The first-order chi connectivity index (χ1) is 28.0. The van der Waals surface area contributed by atoms with Crippen molar-refractivity contribution >= 4 is 34.4 Å². The summed E-state index contributed by atoms with van der Waals surface area (Å²) in [6.45, 7) is 16.8. The van der Waals surface area contributed by atoms with E-state index in [0.717, 1.165) is 94.4 Å². The second-order valence-electron chi connectivity index (χ2n) is 17.7. The Bertz CT molecular complexity index is 2240. The zero-order chi connectivity index (χ0) is 42.1. The van der Waals surface area contributed by atoms with Crippen LogP contribution < -0.4 is 15.0 Å². The van der Waals surface area contributed by atoms with Crippen molar-refractivity contribution < 1.29 is 31.5 Å². The van der Waals surface area contributed by atoms with Gasteiger partial charge >= 0.3 is 12.2 Å². The highest BCUT2D eigenvalue weighted by Crippen LogP contribution is 2.62. The zero-order valence-electron chi connectivity index (χ0n) is 33.8. The Balaban J connectivity index is 1.30. The van der Waals surface area contributed by atoms with Crippen LogP contribution in [0.1, 0.15) is 89.7 Å². The lowest BCUT2D eigenvalue weighted by Crippen LogP contribution is -2.71. The maximum atomic E-state index is 17.6. The van der Waals surface area contributed by atoms with Crippen LogP contribution in [-0.4, -0.2) is 82.6 Å². The Morgan fingerprint density at radius 1 is 1.08 bits per heavy atom. The first-order valence-electron chi connectivity index (χ1n) is 20.6. The van der Waals surface area contributed by atoms with E-state index in [0.29, 0.717) is 26.1 Å². The van der Waals surface area contributed by atoms with Crippen LogP contribution >= 0.6 is 11.8 Å². The predicted molar refractivity (Wildman–Crippen MR) is 218 cm³/mol. The number of carbonyl (C=O) groups is 1. The maximum absolute atomic E-state index is 17.6. The smallest absolute Gasteiger partial charge is 0.417 e. The molecule has 0 radical (unpaired) electrons. The van der Waals surface area contributed by atoms with Gasteiger partial charge < -0.3 is 19.9 Å². The van der Waals surface area contributed by atoms with Gasteiger partial charge in [0.25, 0.3) is 0 Å². The number of likely N-dealkylation sites (tertiary alicyclic amines) is 1. The van der Waals surface area contributed by atoms with Crippen LogP contribution in [0, 0.1) is 33.8 Å². The molecule has 1 saturated carbocycles. The molecular formula is C44H50F5N7O2S. The fourth-order valence-corrected chi connectivity index (χ4v) is 11.6. The largest absolute Gasteiger partial charge is 0.461 e. The first kappa shape index (κ1) is 41.3. The highest BCUT2D eigenvalue weighted by atomic mass is 32.2. The van der Waals surface area contributed by atoms with Crippen LogP contribution in [-0.2, 0) is 11.0 Å². The molecule has 1 aromatic heterocycles. The summed E-state index contributed by atoms with van der Waals surface area (Å²) in [4.78, 5) is 28.4. The molecule has 314 valence electrons. The van der Waals surface area contributed by atoms with Gasteiger partial charge in [0.1, 0.15) is 29.8 Å². The average molecular weight is 836 g/mol. The molecule has 1 aliphatic carbocycles. The Morgan fingerprint density at radius 2 is 1.81 bits per heavy atom. The number of nitriles is 1. The van der Waals surface area contributed by atoms with Crippen molar-refractivity contribution in [2.45, 2.75) is 107 Å². The molecular weight excluding hydrogens is 786 g/mol. The van der Waals surface area contributed by atoms with Crippen LogP contribution in [0.15, 0.2) is 47.4 Å². The number of hydrogen-bond acceptors (Lipinski definition) is 9. The lowest BCUT2D eigenvalue weighted by atomic mass is 9.62. The Morgan fingerprint density at radius 3 is 2.46 bits per heavy atom. The van der Waals surface area contributed by atoms with Crippen molar-refractivity contribution in [3.05, 3.63) is 65.2 Å². The number of fused-ring (bicyclic) bond motifs is 2. The number of nitrogens with zero attached hydrogens (tertiary/aromatic N) is 6. The van der Waals surface area contributed by atoms with Crippen LogP contribution in [0.2, 0.25) is 0 Å². The minimum absolute atomic E-state index is 0.100. The predicted octanol–water partition coefficient (Wildman–Crippen LogP) is 9.21. The molecule has 4 aliphatic heterocycles. The normalized spacial score (nSPS) is 23.5. The standard InChI is InChI=1S/C44H50F5N7O2S/c1-6-33(57)56-24-42(39(56)41(5)16-17-41)13-7-8-18-54(23-42)38-29-21-31(44(47,48)49)34(28-11-12-32(45)37(30(28)22-50)59-27(4)51-26(2)3)35(46)36(29)52-40(53-38)58-25-43-14-9-19-55(43)20-10-15-43/h6,11-12,21,26,39,51H,1,4,7-10,13-20,23-25H2,2-3,5H3. The van der Waals surface area contributed by atoms with E-state index in [-0.39, 0.29) is 68.1 Å². The third kappa shape index (κ3) is 7.32. The van der Waals surface area contributed by atoms with Gasteiger partial charge in [-0.05, 0) is 108 Å². The van der Waals surface area contributed by atoms with E-state index in [1.807, 2.05) is 29.7 Å². The number of benzene rings is 2. The van der Waals surface area contributed by atoms with Crippen molar-refractivity contribution in [2.75, 3.05) is 44.2 Å². The van der Waals surface area contributed by atoms with Gasteiger partial charge in [-0.15, -0.1) is 0 Å². The maximum Gasteiger partial charge on any atom is 0.417 e. The molecule has 59 heavy (non-hydrogen) atoms. The van der Waals surface area contributed by atoms with Gasteiger partial charge in [-0.1, -0.05) is 38.3 Å². The summed E-state index contributed by atoms with van der Waals surface area (Å²) in [5.41, 5.74) is -4.25. The minimum Gasteiger partial charge on any atom is -0.461 e. The first-order valence-corrected chi connectivity index (χ1v) is 21.4. The van der Waals surface area contributed by atoms with Crippen LogP contribution in [0.5, 0.6) is 6.01 Å². The van der Waals surface area contributed by atoms with Crippen molar-refractivity contribution in [3.63, 3.8) is 0 Å². The fraction of sp³-hybridized carbons (Fsp3) is 0.545. The van der Waals surface area contributed by atoms with E-state index < -0.39 is 45.6 Å². The van der Waals surface area contributed by atoms with Crippen molar-refractivity contribution in [1.29, 1.82) is 5.26 Å². The number of rotatable bonds is 11. The summed E-state index contributed by atoms with van der Waals surface area (Å²) in [6.07, 6.45) is 4.31. The lowest BCUT2D eigenvalue weighted by molar-refractivity contribution is -0.157. The van der Waals surface area contributed by atoms with E-state index in [1.165, 1.54) is 6.08 Å². The summed E-state index contributed by atoms with van der Waals surface area (Å²) in [6, 6.07) is 4.31. The summed E-state index contributed by atoms with van der Waals surface area (Å²) in [5.74, 6) is -2.21. The molecule has 5 aliphatic rings. The highest BCUT2D eigenvalue weighted by molar-refractivity contribution is 8.03. The van der Waals surface area contributed by atoms with E-state index in [1.54, 1.807) is 0 Å². The molecule has 3 aromatic rings. The molecule has 9 nitrogen and oxygen atoms in total. The molecule has 8 rings (SSSR count). The quantitative estimate of drug-likeness (QED) is 0.115. The number of anilines is 1. The van der Waals surface area contributed by atoms with Crippen LogP contribution in [0.4, 0.5) is 27.8 Å². The molecule has 4 saturated heterocycles. The number of alkyl halides is 3. The Kier molecular flexibility index (Phi) is 10.7. The average Bonchev–Trinajstić information content (AvgIpc) is 3.67. The molecule has 2 atom stereocenters. The van der Waals surface area contributed by atoms with E-state index in [2.05, 4.69) is 35.3 Å². The van der Waals surface area contributed by atoms with Gasteiger partial charge in [0.05, 0.1) is 26.6 Å². The van der Waals surface area contributed by atoms with Gasteiger partial charge in [0.2, 0.25) is 5.91 Å². The van der Waals surface area contributed by atoms with E-state index in [4.69, 9.17) is 9.72 Å². The van der Waals surface area contributed by atoms with Crippen LogP contribution in [0.25, 0.3) is 22.0 Å². The third-order valence-corrected chi connectivity index (χ3v) is 14.3. The van der Waals surface area contributed by atoms with E-state index >= 15 is 22.0 Å². The fourth-order valence-electron chi connectivity index (χ4n) is 10.6. The second-order valence-corrected chi connectivity index (χ2v) is 18.9. The van der Waals surface area contributed by atoms with Crippen molar-refractivity contribution in [1.82, 2.24) is 25.1 Å². The van der Waals surface area contributed by atoms with Gasteiger partial charge in [0.15, 0.2) is 5.82 Å². The van der Waals surface area contributed by atoms with Crippen LogP contribution in [0.3, 0.4) is 0 Å². The number of amides is 1. The monoisotopic (exact) mass is 835 g/mol. The lowest BCUT2D eigenvalue weighted by Gasteiger charge is -2.61. The highest BCUT2D eigenvalue weighted by Gasteiger charge is 2.65. The number of nitrogens with one attached hydrogen (secondary N) is 1. The molecule has 2 unspecified atom stereocenters. The molecule has 15 heteroatoms. The van der Waals surface area contributed by atoms with Crippen molar-refractivity contribution in [3.8, 4) is 23.2 Å². The topological polar surface area (TPSA) is 97.6 Å². The van der Waals surface area contributed by atoms with Gasteiger partial charge in [-0.25, -0.2) is 8.78 Å². The second kappa shape index (κ2) is 15.2. The molecule has 1 amide bonds. The molecule has 1 N–H and O–H groups in total. The zero-order valence-corrected chi connectivity index (χ0v) is 34.6. The van der Waals surface area contributed by atoms with Crippen molar-refractivity contribution in [2.24, 2.45) is 10.8 Å². The summed E-state index contributed by atoms with van der Waals surface area (Å²) >= 11 is 0.756. The minimum atomic E-state index is -5.10. The Labute approximate surface area is 346 Å². The molecule has 5 fully saturated rings. The number of halogens is 5. The molecule has 5 heterocycles. The molecule has 0 bridgehead atoms. The molecule has 2 aromatic carbocycles. The number of thioether (sulfide) groups is 1. The van der Waals surface area contributed by atoms with E-state index in [9.17, 15) is 10.1 Å². The summed E-state index contributed by atoms with van der Waals surface area (Å²) in [7, 11) is 0. The summed E-state index contributed by atoms with van der Waals surface area (Å²) in [5, 5.41) is 13.5. The van der Waals surface area contributed by atoms with Gasteiger partial charge in [-0.2, -0.15) is 28.4 Å². The molecule has 1 spiro atoms. The number of carbonyl (C=O) groups excluding carboxylic acids is 1. The van der Waals surface area contributed by atoms with Gasteiger partial charge in [-0.3, -0.25) is 9.69 Å². The third-order valence-electron chi connectivity index (χ3n) is 13.3. The van der Waals surface area contributed by atoms with Gasteiger partial charge in [0, 0.05) is 53.6 Å².